The molecule has 0 heterocycles. The molecule has 0 spiro atoms. The van der Waals surface area contributed by atoms with Gasteiger partial charge in [-0.15, -0.1) is 0 Å². The van der Waals surface area contributed by atoms with Gasteiger partial charge in [0.2, 0.25) is 0 Å². The summed E-state index contributed by atoms with van der Waals surface area (Å²) in [5.74, 6) is 0. The molecule has 0 aromatic carbocycles. The maximum absolute atomic E-state index is 2.35. The molecule has 0 nitrogen and oxygen atoms in total. The SMILES string of the molecule is CCC(C)(C)CC(C)(C)C.CCCCCCCCCC. The summed E-state index contributed by atoms with van der Waals surface area (Å²) in [6.45, 7) is 18.4. The molecule has 0 aliphatic rings. The molecular weight excluding hydrogens is 240 g/mol. The van der Waals surface area contributed by atoms with Crippen LogP contribution in [-0.4, -0.2) is 0 Å². The Morgan fingerprint density at radius 3 is 1.10 bits per heavy atom. The van der Waals surface area contributed by atoms with Gasteiger partial charge in [0.25, 0.3) is 0 Å². The molecule has 0 atom stereocenters. The van der Waals surface area contributed by atoms with Gasteiger partial charge in [-0.25, -0.2) is 0 Å². The van der Waals surface area contributed by atoms with E-state index < -0.39 is 0 Å². The first-order valence-corrected chi connectivity index (χ1v) is 9.18. The van der Waals surface area contributed by atoms with Crippen molar-refractivity contribution >= 4 is 0 Å². The van der Waals surface area contributed by atoms with Crippen molar-refractivity contribution in [3.05, 3.63) is 0 Å². The van der Waals surface area contributed by atoms with E-state index in [1.807, 2.05) is 0 Å². The molecule has 124 valence electrons. The highest BCUT2D eigenvalue weighted by atomic mass is 14.3. The van der Waals surface area contributed by atoms with Gasteiger partial charge in [-0.05, 0) is 17.3 Å². The summed E-state index contributed by atoms with van der Waals surface area (Å²) in [5.41, 5.74) is 1.01. The highest BCUT2D eigenvalue weighted by Gasteiger charge is 2.23. The third-order valence-corrected chi connectivity index (χ3v) is 3.92. The second kappa shape index (κ2) is 12.7. The lowest BCUT2D eigenvalue weighted by atomic mass is 9.75. The Kier molecular flexibility index (Phi) is 14.2. The lowest BCUT2D eigenvalue weighted by Gasteiger charge is -2.31. The van der Waals surface area contributed by atoms with Crippen LogP contribution in [0.2, 0.25) is 0 Å². The fraction of sp³-hybridized carbons (Fsp3) is 1.00. The second-order valence-corrected chi connectivity index (χ2v) is 8.38. The molecule has 0 saturated carbocycles. The summed E-state index contributed by atoms with van der Waals surface area (Å²) in [4.78, 5) is 0. The van der Waals surface area contributed by atoms with Crippen molar-refractivity contribution in [3.63, 3.8) is 0 Å². The maximum Gasteiger partial charge on any atom is -0.0352 e. The highest BCUT2D eigenvalue weighted by molar-refractivity contribution is 4.74. The van der Waals surface area contributed by atoms with E-state index >= 15 is 0 Å². The van der Waals surface area contributed by atoms with Gasteiger partial charge in [0, 0.05) is 0 Å². The van der Waals surface area contributed by atoms with Crippen molar-refractivity contribution < 1.29 is 0 Å². The molecule has 0 aliphatic carbocycles. The van der Waals surface area contributed by atoms with Crippen molar-refractivity contribution in [2.45, 2.75) is 120 Å². The molecule has 0 aromatic rings. The zero-order chi connectivity index (χ0) is 16.1. The van der Waals surface area contributed by atoms with E-state index in [0.29, 0.717) is 10.8 Å². The molecule has 0 aromatic heterocycles. The van der Waals surface area contributed by atoms with E-state index in [4.69, 9.17) is 0 Å². The number of hydrogen-bond acceptors (Lipinski definition) is 0. The fourth-order valence-corrected chi connectivity index (χ4v) is 2.77. The van der Waals surface area contributed by atoms with Crippen molar-refractivity contribution in [2.75, 3.05) is 0 Å². The molecule has 0 bridgehead atoms. The summed E-state index contributed by atoms with van der Waals surface area (Å²) in [6.07, 6.45) is 14.1. The summed E-state index contributed by atoms with van der Waals surface area (Å²) < 4.78 is 0. The molecule has 0 amide bonds. The van der Waals surface area contributed by atoms with Gasteiger partial charge in [0.1, 0.15) is 0 Å². The van der Waals surface area contributed by atoms with Crippen LogP contribution in [0.25, 0.3) is 0 Å². The van der Waals surface area contributed by atoms with Gasteiger partial charge in [-0.3, -0.25) is 0 Å². The minimum Gasteiger partial charge on any atom is -0.0654 e. The van der Waals surface area contributed by atoms with E-state index in [1.54, 1.807) is 0 Å². The van der Waals surface area contributed by atoms with Crippen LogP contribution in [0.1, 0.15) is 120 Å². The molecule has 0 saturated heterocycles. The minimum absolute atomic E-state index is 0.486. The van der Waals surface area contributed by atoms with E-state index in [9.17, 15) is 0 Å². The molecule has 0 fully saturated rings. The van der Waals surface area contributed by atoms with Crippen molar-refractivity contribution in [1.82, 2.24) is 0 Å². The van der Waals surface area contributed by atoms with Crippen LogP contribution in [0.5, 0.6) is 0 Å². The van der Waals surface area contributed by atoms with Gasteiger partial charge in [0.15, 0.2) is 0 Å². The Bertz CT molecular complexity index is 175. The molecule has 0 N–H and O–H groups in total. The van der Waals surface area contributed by atoms with E-state index in [-0.39, 0.29) is 0 Å². The van der Waals surface area contributed by atoms with E-state index in [0.717, 1.165) is 0 Å². The molecule has 0 radical (unpaired) electrons. The Balaban J connectivity index is 0. The lowest BCUT2D eigenvalue weighted by molar-refractivity contribution is 0.206. The predicted molar refractivity (Wildman–Crippen MR) is 96.4 cm³/mol. The Labute approximate surface area is 131 Å². The number of unbranched alkanes of at least 4 members (excludes halogenated alkanes) is 7. The van der Waals surface area contributed by atoms with Crippen molar-refractivity contribution in [2.24, 2.45) is 10.8 Å². The normalized spacial score (nSPS) is 12.0. The summed E-state index contributed by atoms with van der Waals surface area (Å²) >= 11 is 0. The Hall–Kier alpha value is 0. The first kappa shape index (κ1) is 22.3. The van der Waals surface area contributed by atoms with E-state index in [2.05, 4.69) is 55.4 Å². The summed E-state index contributed by atoms with van der Waals surface area (Å²) in [7, 11) is 0. The quantitative estimate of drug-likeness (QED) is 0.376. The first-order chi connectivity index (χ1) is 9.18. The van der Waals surface area contributed by atoms with Gasteiger partial charge < -0.3 is 0 Å². The van der Waals surface area contributed by atoms with Crippen LogP contribution in [0, 0.1) is 10.8 Å². The number of rotatable bonds is 9. The van der Waals surface area contributed by atoms with Gasteiger partial charge in [-0.1, -0.05) is 113 Å². The summed E-state index contributed by atoms with van der Waals surface area (Å²) in [6, 6.07) is 0. The molecule has 0 unspecified atom stereocenters. The Morgan fingerprint density at radius 1 is 0.550 bits per heavy atom. The zero-order valence-electron chi connectivity index (χ0n) is 16.1. The smallest absolute Gasteiger partial charge is 0.0352 e. The van der Waals surface area contributed by atoms with Crippen molar-refractivity contribution in [1.29, 1.82) is 0 Å². The maximum atomic E-state index is 2.35. The van der Waals surface area contributed by atoms with Crippen molar-refractivity contribution in [3.8, 4) is 0 Å². The fourth-order valence-electron chi connectivity index (χ4n) is 2.77. The molecule has 0 heteroatoms. The van der Waals surface area contributed by atoms with Crippen LogP contribution in [0.4, 0.5) is 0 Å². The van der Waals surface area contributed by atoms with Gasteiger partial charge >= 0.3 is 0 Å². The first-order valence-electron chi connectivity index (χ1n) is 9.18. The second-order valence-electron chi connectivity index (χ2n) is 8.38. The topological polar surface area (TPSA) is 0 Å². The van der Waals surface area contributed by atoms with E-state index in [1.165, 1.54) is 64.2 Å². The van der Waals surface area contributed by atoms with Crippen LogP contribution in [-0.2, 0) is 0 Å². The molecule has 0 rings (SSSR count). The largest absolute Gasteiger partial charge is 0.0654 e. The van der Waals surface area contributed by atoms with Gasteiger partial charge in [-0.2, -0.15) is 0 Å². The highest BCUT2D eigenvalue weighted by Crippen LogP contribution is 2.35. The Morgan fingerprint density at radius 2 is 0.900 bits per heavy atom. The molecular formula is C20H44. The lowest BCUT2D eigenvalue weighted by Crippen LogP contribution is -2.19. The average Bonchev–Trinajstić information content (AvgIpc) is 2.32. The van der Waals surface area contributed by atoms with Crippen LogP contribution < -0.4 is 0 Å². The minimum atomic E-state index is 0.486. The number of hydrogen-bond donors (Lipinski definition) is 0. The standard InChI is InChI=1S/2C10H22/c1-7-10(5,6)8-9(2,3)4;1-3-5-7-9-10-8-6-4-2/h7-8H2,1-6H3;3-10H2,1-2H3. The predicted octanol–water partition coefficient (Wildman–Crippen LogP) is 8.01. The zero-order valence-corrected chi connectivity index (χ0v) is 16.1. The monoisotopic (exact) mass is 284 g/mol. The molecule has 20 heavy (non-hydrogen) atoms. The average molecular weight is 285 g/mol. The van der Waals surface area contributed by atoms with Crippen LogP contribution in [0.15, 0.2) is 0 Å². The molecule has 0 aliphatic heterocycles. The summed E-state index contributed by atoms with van der Waals surface area (Å²) in [5, 5.41) is 0. The van der Waals surface area contributed by atoms with Crippen LogP contribution >= 0.6 is 0 Å². The third kappa shape index (κ3) is 20.3. The van der Waals surface area contributed by atoms with Crippen LogP contribution in [0.3, 0.4) is 0 Å². The third-order valence-electron chi connectivity index (χ3n) is 3.92. The van der Waals surface area contributed by atoms with Gasteiger partial charge in [0.05, 0.1) is 0 Å².